The molecule has 7 nitrogen and oxygen atoms in total. The van der Waals surface area contributed by atoms with Crippen LogP contribution < -0.4 is 9.62 Å². The van der Waals surface area contributed by atoms with Crippen LogP contribution in [-0.2, 0) is 21.2 Å². The Kier molecular flexibility index (Phi) is 5.18. The van der Waals surface area contributed by atoms with Gasteiger partial charge in [0, 0.05) is 17.8 Å². The van der Waals surface area contributed by atoms with Gasteiger partial charge in [-0.2, -0.15) is 0 Å². The molecule has 0 saturated carbocycles. The van der Waals surface area contributed by atoms with Gasteiger partial charge in [0.1, 0.15) is 0 Å². The van der Waals surface area contributed by atoms with E-state index in [0.717, 1.165) is 18.4 Å². The minimum absolute atomic E-state index is 0.353. The zero-order valence-corrected chi connectivity index (χ0v) is 15.9. The Bertz CT molecular complexity index is 984. The lowest BCUT2D eigenvalue weighted by Crippen LogP contribution is -2.34. The van der Waals surface area contributed by atoms with Crippen molar-refractivity contribution in [3.05, 3.63) is 59.2 Å². The second-order valence-corrected chi connectivity index (χ2v) is 8.21. The number of carbonyl (C=O) groups excluding carboxylic acids is 2. The molecule has 3 rings (SSSR count). The molecule has 27 heavy (non-hydrogen) atoms. The van der Waals surface area contributed by atoms with Crippen LogP contribution in [-0.4, -0.2) is 40.2 Å². The minimum atomic E-state index is -3.38. The smallest absolute Gasteiger partial charge is 0.337 e. The van der Waals surface area contributed by atoms with Gasteiger partial charge in [-0.1, -0.05) is 6.07 Å². The number of carbonyl (C=O) groups is 2. The molecule has 1 heterocycles. The van der Waals surface area contributed by atoms with Crippen molar-refractivity contribution in [2.75, 3.05) is 29.5 Å². The number of anilines is 2. The summed E-state index contributed by atoms with van der Waals surface area (Å²) in [5.41, 5.74) is 2.77. The second-order valence-electron chi connectivity index (χ2n) is 6.31. The summed E-state index contributed by atoms with van der Waals surface area (Å²) < 4.78 is 30.0. The number of amides is 1. The maximum Gasteiger partial charge on any atom is 0.337 e. The van der Waals surface area contributed by atoms with Gasteiger partial charge in [0.05, 0.1) is 24.6 Å². The van der Waals surface area contributed by atoms with Crippen LogP contribution in [0.15, 0.2) is 42.5 Å². The molecule has 1 amide bonds. The summed E-state index contributed by atoms with van der Waals surface area (Å²) in [4.78, 5) is 23.9. The first-order valence-electron chi connectivity index (χ1n) is 8.40. The molecule has 0 fully saturated rings. The molecule has 0 aliphatic carbocycles. The summed E-state index contributed by atoms with van der Waals surface area (Å²) in [7, 11) is -2.08. The third-order valence-electron chi connectivity index (χ3n) is 4.39. The van der Waals surface area contributed by atoms with Crippen molar-refractivity contribution < 1.29 is 22.7 Å². The van der Waals surface area contributed by atoms with Gasteiger partial charge < -0.3 is 10.1 Å². The Morgan fingerprint density at radius 3 is 2.37 bits per heavy atom. The Labute approximate surface area is 158 Å². The van der Waals surface area contributed by atoms with Gasteiger partial charge in [-0.15, -0.1) is 0 Å². The third kappa shape index (κ3) is 4.11. The van der Waals surface area contributed by atoms with Crippen LogP contribution in [0.25, 0.3) is 0 Å². The summed E-state index contributed by atoms with van der Waals surface area (Å²) in [6.45, 7) is 0.429. The molecule has 0 bridgehead atoms. The molecule has 0 aromatic heterocycles. The number of aryl methyl sites for hydroxylation is 1. The highest BCUT2D eigenvalue weighted by molar-refractivity contribution is 7.92. The first-order chi connectivity index (χ1) is 12.8. The number of hydrogen-bond acceptors (Lipinski definition) is 5. The monoisotopic (exact) mass is 388 g/mol. The maximum absolute atomic E-state index is 12.5. The van der Waals surface area contributed by atoms with Gasteiger partial charge >= 0.3 is 5.97 Å². The van der Waals surface area contributed by atoms with Crippen molar-refractivity contribution in [1.29, 1.82) is 0 Å². The van der Waals surface area contributed by atoms with Crippen LogP contribution >= 0.6 is 0 Å². The molecular formula is C19H20N2O5S. The minimum Gasteiger partial charge on any atom is -0.465 e. The largest absolute Gasteiger partial charge is 0.465 e. The molecule has 0 unspecified atom stereocenters. The van der Waals surface area contributed by atoms with Gasteiger partial charge in [0.2, 0.25) is 10.0 Å². The molecular weight excluding hydrogens is 368 g/mol. The van der Waals surface area contributed by atoms with Crippen molar-refractivity contribution in [2.24, 2.45) is 0 Å². The van der Waals surface area contributed by atoms with Crippen LogP contribution in [0, 0.1) is 0 Å². The molecule has 8 heteroatoms. The fourth-order valence-electron chi connectivity index (χ4n) is 3.04. The summed E-state index contributed by atoms with van der Waals surface area (Å²) in [6, 6.07) is 11.4. The molecule has 1 aliphatic rings. The SMILES string of the molecule is COC(=O)c1ccc(C(=O)Nc2ccc3c(c2)N(S(C)(=O)=O)CCC3)cc1. The van der Waals surface area contributed by atoms with E-state index in [4.69, 9.17) is 0 Å². The summed E-state index contributed by atoms with van der Waals surface area (Å²) in [5, 5.41) is 2.77. The molecule has 1 aliphatic heterocycles. The zero-order valence-electron chi connectivity index (χ0n) is 15.1. The standard InChI is InChI=1S/C19H20N2O5S/c1-26-19(23)15-7-5-14(6-8-15)18(22)20-16-10-9-13-4-3-11-21(17(13)12-16)27(2,24)25/h5-10,12H,3-4,11H2,1-2H3,(H,20,22). The summed E-state index contributed by atoms with van der Waals surface area (Å²) >= 11 is 0. The Morgan fingerprint density at radius 1 is 1.07 bits per heavy atom. The summed E-state index contributed by atoms with van der Waals surface area (Å²) in [6.07, 6.45) is 2.74. The Morgan fingerprint density at radius 2 is 1.74 bits per heavy atom. The Hall–Kier alpha value is -2.87. The average molecular weight is 388 g/mol. The van der Waals surface area contributed by atoms with Crippen molar-refractivity contribution in [3.8, 4) is 0 Å². The van der Waals surface area contributed by atoms with E-state index < -0.39 is 16.0 Å². The quantitative estimate of drug-likeness (QED) is 0.812. The number of fused-ring (bicyclic) bond motifs is 1. The first kappa shape index (κ1) is 18.9. The number of esters is 1. The molecule has 0 spiro atoms. The van der Waals surface area contributed by atoms with Crippen LogP contribution in [0.5, 0.6) is 0 Å². The van der Waals surface area contributed by atoms with E-state index >= 15 is 0 Å². The lowest BCUT2D eigenvalue weighted by atomic mass is 10.0. The molecule has 0 saturated heterocycles. The average Bonchev–Trinajstić information content (AvgIpc) is 2.66. The molecule has 2 aromatic carbocycles. The lowest BCUT2D eigenvalue weighted by molar-refractivity contribution is 0.0600. The maximum atomic E-state index is 12.5. The molecule has 142 valence electrons. The Balaban J connectivity index is 1.82. The number of methoxy groups -OCH3 is 1. The molecule has 2 aromatic rings. The van der Waals surface area contributed by atoms with Gasteiger partial charge in [-0.05, 0) is 54.8 Å². The highest BCUT2D eigenvalue weighted by Gasteiger charge is 2.24. The van der Waals surface area contributed by atoms with E-state index in [1.807, 2.05) is 6.07 Å². The van der Waals surface area contributed by atoms with E-state index in [-0.39, 0.29) is 5.91 Å². The van der Waals surface area contributed by atoms with Gasteiger partial charge in [0.15, 0.2) is 0 Å². The molecule has 0 atom stereocenters. The van der Waals surface area contributed by atoms with Crippen LogP contribution in [0.3, 0.4) is 0 Å². The highest BCUT2D eigenvalue weighted by Crippen LogP contribution is 2.31. The number of nitrogens with zero attached hydrogens (tertiary/aromatic N) is 1. The number of rotatable bonds is 4. The molecule has 1 N–H and O–H groups in total. The second kappa shape index (κ2) is 7.40. The molecule has 0 radical (unpaired) electrons. The zero-order chi connectivity index (χ0) is 19.6. The highest BCUT2D eigenvalue weighted by atomic mass is 32.2. The van der Waals surface area contributed by atoms with Crippen LogP contribution in [0.4, 0.5) is 11.4 Å². The van der Waals surface area contributed by atoms with Crippen LogP contribution in [0.1, 0.15) is 32.7 Å². The number of sulfonamides is 1. The van der Waals surface area contributed by atoms with Crippen molar-refractivity contribution >= 4 is 33.3 Å². The van der Waals surface area contributed by atoms with Crippen molar-refractivity contribution in [1.82, 2.24) is 0 Å². The lowest BCUT2D eigenvalue weighted by Gasteiger charge is -2.29. The predicted molar refractivity (Wildman–Crippen MR) is 103 cm³/mol. The number of hydrogen-bond donors (Lipinski definition) is 1. The normalized spacial score (nSPS) is 13.6. The van der Waals surface area contributed by atoms with Gasteiger partial charge in [-0.25, -0.2) is 13.2 Å². The van der Waals surface area contributed by atoms with E-state index in [1.54, 1.807) is 12.1 Å². The van der Waals surface area contributed by atoms with Gasteiger partial charge in [0.25, 0.3) is 5.91 Å². The first-order valence-corrected chi connectivity index (χ1v) is 10.2. The van der Waals surface area contributed by atoms with E-state index in [2.05, 4.69) is 10.1 Å². The number of nitrogens with one attached hydrogen (secondary N) is 1. The van der Waals surface area contributed by atoms with E-state index in [9.17, 15) is 18.0 Å². The summed E-state index contributed by atoms with van der Waals surface area (Å²) in [5.74, 6) is -0.828. The fourth-order valence-corrected chi connectivity index (χ4v) is 4.03. The third-order valence-corrected chi connectivity index (χ3v) is 5.57. The van der Waals surface area contributed by atoms with E-state index in [1.165, 1.54) is 41.9 Å². The number of ether oxygens (including phenoxy) is 1. The van der Waals surface area contributed by atoms with Crippen LogP contribution in [0.2, 0.25) is 0 Å². The van der Waals surface area contributed by atoms with E-state index in [0.29, 0.717) is 29.0 Å². The van der Waals surface area contributed by atoms with Gasteiger partial charge in [-0.3, -0.25) is 9.10 Å². The van der Waals surface area contributed by atoms with Crippen molar-refractivity contribution in [2.45, 2.75) is 12.8 Å². The van der Waals surface area contributed by atoms with Crippen molar-refractivity contribution in [3.63, 3.8) is 0 Å². The fraction of sp³-hybridized carbons (Fsp3) is 0.263. The topological polar surface area (TPSA) is 92.8 Å². The predicted octanol–water partition coefficient (Wildman–Crippen LogP) is 2.44. The number of benzene rings is 2.